The Morgan fingerprint density at radius 1 is 1.03 bits per heavy atom. The molecule has 0 saturated carbocycles. The van der Waals surface area contributed by atoms with Gasteiger partial charge in [-0.3, -0.25) is 9.36 Å². The van der Waals surface area contributed by atoms with Crippen molar-refractivity contribution in [3.8, 4) is 0 Å². The minimum Gasteiger partial charge on any atom is -0.271 e. The molecule has 0 fully saturated rings. The summed E-state index contributed by atoms with van der Waals surface area (Å²) >= 11 is 9.48. The van der Waals surface area contributed by atoms with Crippen LogP contribution in [0.15, 0.2) is 81.4 Å². The molecule has 0 bridgehead atoms. The van der Waals surface area contributed by atoms with Crippen molar-refractivity contribution in [3.05, 3.63) is 118 Å². The van der Waals surface area contributed by atoms with Crippen molar-refractivity contribution in [1.29, 1.82) is 0 Å². The van der Waals surface area contributed by atoms with Gasteiger partial charge >= 0.3 is 0 Å². The normalized spacial score (nSPS) is 17.7. The number of thiazole rings is 1. The lowest BCUT2D eigenvalue weighted by Gasteiger charge is -2.30. The average molecular weight is 461 g/mol. The first-order valence-electron chi connectivity index (χ1n) is 10.1. The molecule has 2 aliphatic rings. The first-order valence-corrected chi connectivity index (χ1v) is 12.2. The van der Waals surface area contributed by atoms with E-state index in [1.165, 1.54) is 32.9 Å². The Morgan fingerprint density at radius 3 is 2.71 bits per heavy atom. The Morgan fingerprint density at radius 2 is 1.87 bits per heavy atom. The summed E-state index contributed by atoms with van der Waals surface area (Å²) in [7, 11) is 0. The van der Waals surface area contributed by atoms with Gasteiger partial charge in [-0.1, -0.05) is 71.5 Å². The summed E-state index contributed by atoms with van der Waals surface area (Å²) in [6.45, 7) is 0. The average Bonchev–Trinajstić information content (AvgIpc) is 3.43. The number of rotatable bonds is 2. The second kappa shape index (κ2) is 7.45. The number of hydrogen-bond donors (Lipinski definition) is 0. The smallest absolute Gasteiger partial charge is 0.271 e. The Kier molecular flexibility index (Phi) is 4.56. The number of aromatic nitrogens is 1. The van der Waals surface area contributed by atoms with Crippen LogP contribution >= 0.6 is 34.3 Å². The summed E-state index contributed by atoms with van der Waals surface area (Å²) in [6.07, 6.45) is 3.76. The Balaban J connectivity index is 1.64. The van der Waals surface area contributed by atoms with Crippen LogP contribution in [0.3, 0.4) is 0 Å². The van der Waals surface area contributed by atoms with Gasteiger partial charge in [0.25, 0.3) is 5.56 Å². The highest BCUT2D eigenvalue weighted by Gasteiger charge is 2.32. The number of hydrogen-bond acceptors (Lipinski definition) is 4. The number of nitrogens with zero attached hydrogens (tertiary/aromatic N) is 2. The molecule has 1 aliphatic carbocycles. The van der Waals surface area contributed by atoms with Crippen LogP contribution in [0.2, 0.25) is 5.02 Å². The molecular weight excluding hydrogens is 444 g/mol. The first-order chi connectivity index (χ1) is 15.2. The van der Waals surface area contributed by atoms with E-state index < -0.39 is 0 Å². The highest BCUT2D eigenvalue weighted by Crippen LogP contribution is 2.42. The number of allylic oxidation sites excluding steroid dienone is 1. The van der Waals surface area contributed by atoms with Gasteiger partial charge in [0.05, 0.1) is 16.3 Å². The van der Waals surface area contributed by atoms with Gasteiger partial charge in [0.1, 0.15) is 0 Å². The largest absolute Gasteiger partial charge is 0.271 e. The van der Waals surface area contributed by atoms with Crippen LogP contribution in [-0.4, -0.2) is 4.57 Å². The van der Waals surface area contributed by atoms with Crippen molar-refractivity contribution >= 4 is 46.0 Å². The van der Waals surface area contributed by atoms with Gasteiger partial charge in [0, 0.05) is 15.5 Å². The molecule has 1 atom stereocenters. The van der Waals surface area contributed by atoms with E-state index >= 15 is 0 Å². The van der Waals surface area contributed by atoms with Crippen LogP contribution < -0.4 is 14.9 Å². The second-order valence-electron chi connectivity index (χ2n) is 7.65. The van der Waals surface area contributed by atoms with Gasteiger partial charge in [-0.25, -0.2) is 4.99 Å². The molecule has 2 aromatic carbocycles. The number of thiophene rings is 1. The third kappa shape index (κ3) is 3.07. The van der Waals surface area contributed by atoms with Crippen molar-refractivity contribution in [2.24, 2.45) is 4.99 Å². The fourth-order valence-corrected chi connectivity index (χ4v) is 6.48. The maximum Gasteiger partial charge on any atom is 0.271 e. The molecule has 0 radical (unpaired) electrons. The topological polar surface area (TPSA) is 34.4 Å². The minimum atomic E-state index is -0.104. The number of halogens is 1. The quantitative estimate of drug-likeness (QED) is 0.413. The summed E-state index contributed by atoms with van der Waals surface area (Å²) in [6, 6.07) is 20.1. The molecule has 0 unspecified atom stereocenters. The number of aryl methyl sites for hydroxylation is 1. The molecule has 0 saturated heterocycles. The third-order valence-electron chi connectivity index (χ3n) is 5.88. The maximum atomic E-state index is 13.6. The molecule has 3 heterocycles. The highest BCUT2D eigenvalue weighted by molar-refractivity contribution is 7.10. The lowest BCUT2D eigenvalue weighted by atomic mass is 9.85. The first kappa shape index (κ1) is 19.0. The van der Waals surface area contributed by atoms with Gasteiger partial charge in [-0.05, 0) is 53.1 Å². The van der Waals surface area contributed by atoms with E-state index in [4.69, 9.17) is 16.6 Å². The van der Waals surface area contributed by atoms with Crippen molar-refractivity contribution in [3.63, 3.8) is 0 Å². The van der Waals surface area contributed by atoms with E-state index in [-0.39, 0.29) is 11.6 Å². The Bertz CT molecular complexity index is 1530. The van der Waals surface area contributed by atoms with Crippen molar-refractivity contribution in [2.75, 3.05) is 0 Å². The third-order valence-corrected chi connectivity index (χ3v) is 8.13. The molecule has 152 valence electrons. The Hall–Kier alpha value is -2.73. The van der Waals surface area contributed by atoms with E-state index in [0.29, 0.717) is 9.55 Å². The molecule has 6 heteroatoms. The predicted octanol–water partition coefficient (Wildman–Crippen LogP) is 5.03. The van der Waals surface area contributed by atoms with Gasteiger partial charge in [0.2, 0.25) is 0 Å². The van der Waals surface area contributed by atoms with Crippen LogP contribution in [-0.2, 0) is 6.42 Å². The zero-order valence-electron chi connectivity index (χ0n) is 16.4. The van der Waals surface area contributed by atoms with Crippen LogP contribution in [0.4, 0.5) is 0 Å². The van der Waals surface area contributed by atoms with Gasteiger partial charge in [-0.15, -0.1) is 11.3 Å². The number of fused-ring (bicyclic) bond motifs is 3. The van der Waals surface area contributed by atoms with Crippen LogP contribution in [0.25, 0.3) is 11.8 Å². The van der Waals surface area contributed by atoms with Crippen molar-refractivity contribution in [2.45, 2.75) is 18.9 Å². The fourth-order valence-electron chi connectivity index (χ4n) is 4.45. The lowest BCUT2D eigenvalue weighted by molar-refractivity contribution is 0.593. The molecule has 0 spiro atoms. The van der Waals surface area contributed by atoms with E-state index in [9.17, 15) is 4.79 Å². The number of benzene rings is 2. The van der Waals surface area contributed by atoms with E-state index in [1.54, 1.807) is 11.3 Å². The molecule has 0 amide bonds. The zero-order chi connectivity index (χ0) is 20.9. The summed E-state index contributed by atoms with van der Waals surface area (Å²) in [5.74, 6) is 0. The standard InChI is InChI=1S/C25H17ClN2OS2/c26-19-9-4-2-7-16(19)14-21-24(29)28-23(20-10-5-13-30-20)18-12-11-15-6-1-3-8-17(15)22(18)27-25(28)31-21/h1-10,13-14,23H,11-12H2/b21-14-/t23-/m1/s1. The molecule has 0 N–H and O–H groups in total. The Labute approximate surface area is 191 Å². The van der Waals surface area contributed by atoms with E-state index in [2.05, 4.69) is 41.8 Å². The molecule has 2 aromatic heterocycles. The summed E-state index contributed by atoms with van der Waals surface area (Å²) in [5, 5.41) is 2.71. The van der Waals surface area contributed by atoms with E-state index in [0.717, 1.165) is 28.9 Å². The lowest BCUT2D eigenvalue weighted by Crippen LogP contribution is -2.38. The molecule has 1 aliphatic heterocycles. The summed E-state index contributed by atoms with van der Waals surface area (Å²) in [5.41, 5.74) is 5.62. The molecular formula is C25H17ClN2OS2. The van der Waals surface area contributed by atoms with Crippen LogP contribution in [0, 0.1) is 0 Å². The minimum absolute atomic E-state index is 0.00696. The van der Waals surface area contributed by atoms with Crippen LogP contribution in [0.5, 0.6) is 0 Å². The second-order valence-corrected chi connectivity index (χ2v) is 10.0. The highest BCUT2D eigenvalue weighted by atomic mass is 35.5. The molecule has 3 nitrogen and oxygen atoms in total. The van der Waals surface area contributed by atoms with Crippen molar-refractivity contribution in [1.82, 2.24) is 4.57 Å². The predicted molar refractivity (Wildman–Crippen MR) is 129 cm³/mol. The van der Waals surface area contributed by atoms with Gasteiger partial charge in [0.15, 0.2) is 4.80 Å². The zero-order valence-corrected chi connectivity index (χ0v) is 18.8. The molecule has 31 heavy (non-hydrogen) atoms. The van der Waals surface area contributed by atoms with Crippen molar-refractivity contribution < 1.29 is 0 Å². The SMILES string of the molecule is O=c1/c(=C/c2ccccc2Cl)sc2n1[C@@H](c1cccs1)C1=C(N=2)c2ccccc2CC1. The van der Waals surface area contributed by atoms with Gasteiger partial charge in [-0.2, -0.15) is 0 Å². The maximum absolute atomic E-state index is 13.6. The summed E-state index contributed by atoms with van der Waals surface area (Å²) < 4.78 is 2.54. The monoisotopic (exact) mass is 460 g/mol. The molecule has 6 rings (SSSR count). The van der Waals surface area contributed by atoms with E-state index in [1.807, 2.05) is 34.9 Å². The fraction of sp³-hybridized carbons (Fsp3) is 0.120. The summed E-state index contributed by atoms with van der Waals surface area (Å²) in [4.78, 5) is 20.5. The van der Waals surface area contributed by atoms with Gasteiger partial charge < -0.3 is 0 Å². The van der Waals surface area contributed by atoms with Crippen LogP contribution in [0.1, 0.15) is 34.0 Å². The molecule has 4 aromatic rings.